The number of nitrogens with two attached hydrogens (primary N) is 1. The third kappa shape index (κ3) is 2.14. The lowest BCUT2D eigenvalue weighted by atomic mass is 10.2. The van der Waals surface area contributed by atoms with E-state index in [1.165, 1.54) is 0 Å². The van der Waals surface area contributed by atoms with Crippen molar-refractivity contribution in [2.24, 2.45) is 0 Å². The molecular formula is C15H15N5. The molecule has 2 heterocycles. The van der Waals surface area contributed by atoms with Crippen molar-refractivity contribution in [1.82, 2.24) is 19.5 Å². The van der Waals surface area contributed by atoms with E-state index in [0.717, 1.165) is 28.6 Å². The fourth-order valence-corrected chi connectivity index (χ4v) is 2.03. The molecular weight excluding hydrogens is 250 g/mol. The lowest BCUT2D eigenvalue weighted by Gasteiger charge is -2.09. The lowest BCUT2D eigenvalue weighted by Crippen LogP contribution is -2.03. The Morgan fingerprint density at radius 2 is 1.95 bits per heavy atom. The summed E-state index contributed by atoms with van der Waals surface area (Å²) in [6, 6.07) is 7.64. The molecule has 0 radical (unpaired) electrons. The second kappa shape index (κ2) is 4.77. The molecule has 0 spiro atoms. The molecule has 0 saturated carbocycles. The van der Waals surface area contributed by atoms with Gasteiger partial charge < -0.3 is 5.73 Å². The number of hydrogen-bond donors (Lipinski definition) is 1. The Hall–Kier alpha value is -2.69. The van der Waals surface area contributed by atoms with Gasteiger partial charge in [0.2, 0.25) is 0 Å². The number of nitrogens with zero attached hydrogens (tertiary/aromatic N) is 4. The molecule has 0 aliphatic heterocycles. The Bertz CT molecular complexity index is 760. The van der Waals surface area contributed by atoms with E-state index in [9.17, 15) is 0 Å². The first-order valence-electron chi connectivity index (χ1n) is 6.35. The molecule has 1 aromatic carbocycles. The molecule has 0 atom stereocenters. The third-order valence-electron chi connectivity index (χ3n) is 3.21. The molecule has 5 heteroatoms. The predicted octanol–water partition coefficient (Wildman–Crippen LogP) is 2.53. The van der Waals surface area contributed by atoms with E-state index in [-0.39, 0.29) is 0 Å². The number of benzene rings is 1. The van der Waals surface area contributed by atoms with Crippen LogP contribution in [0.1, 0.15) is 11.4 Å². The van der Waals surface area contributed by atoms with Crippen LogP contribution >= 0.6 is 0 Å². The molecule has 5 nitrogen and oxygen atoms in total. The first-order chi connectivity index (χ1) is 9.65. The molecule has 0 fully saturated rings. The van der Waals surface area contributed by atoms with E-state index < -0.39 is 0 Å². The van der Waals surface area contributed by atoms with Gasteiger partial charge in [0.05, 0.1) is 17.6 Å². The van der Waals surface area contributed by atoms with Crippen molar-refractivity contribution in [1.29, 1.82) is 0 Å². The van der Waals surface area contributed by atoms with E-state index >= 15 is 0 Å². The summed E-state index contributed by atoms with van der Waals surface area (Å²) in [5.41, 5.74) is 9.34. The first kappa shape index (κ1) is 12.3. The van der Waals surface area contributed by atoms with Gasteiger partial charge in [0.1, 0.15) is 5.82 Å². The number of hydrogen-bond acceptors (Lipinski definition) is 4. The summed E-state index contributed by atoms with van der Waals surface area (Å²) in [7, 11) is 0. The van der Waals surface area contributed by atoms with Crippen LogP contribution in [0.4, 0.5) is 5.69 Å². The Balaban J connectivity index is 2.12. The van der Waals surface area contributed by atoms with Gasteiger partial charge >= 0.3 is 0 Å². The van der Waals surface area contributed by atoms with Crippen molar-refractivity contribution in [3.8, 4) is 17.2 Å². The van der Waals surface area contributed by atoms with Crippen molar-refractivity contribution in [3.63, 3.8) is 0 Å². The molecule has 0 saturated heterocycles. The van der Waals surface area contributed by atoms with E-state index in [1.54, 1.807) is 12.4 Å². The van der Waals surface area contributed by atoms with Crippen molar-refractivity contribution in [3.05, 3.63) is 54.2 Å². The van der Waals surface area contributed by atoms with Gasteiger partial charge in [-0.2, -0.15) is 0 Å². The summed E-state index contributed by atoms with van der Waals surface area (Å²) in [5, 5.41) is 0. The molecule has 2 aromatic heterocycles. The van der Waals surface area contributed by atoms with E-state index in [4.69, 9.17) is 5.73 Å². The van der Waals surface area contributed by atoms with Gasteiger partial charge in [0.25, 0.3) is 0 Å². The summed E-state index contributed by atoms with van der Waals surface area (Å²) in [4.78, 5) is 13.3. The van der Waals surface area contributed by atoms with Crippen LogP contribution in [0.5, 0.6) is 0 Å². The summed E-state index contributed by atoms with van der Waals surface area (Å²) in [5.74, 6) is 1.55. The standard InChI is InChI=1S/C15H15N5/c1-10-11(2)19-14(9-18-10)20-7-6-17-15(20)12-4-3-5-13(16)8-12/h3-9H,16H2,1-2H3. The van der Waals surface area contributed by atoms with Crippen molar-refractivity contribution >= 4 is 5.69 Å². The number of nitrogen functional groups attached to an aromatic ring is 1. The zero-order chi connectivity index (χ0) is 14.1. The fourth-order valence-electron chi connectivity index (χ4n) is 2.03. The maximum Gasteiger partial charge on any atom is 0.157 e. The predicted molar refractivity (Wildman–Crippen MR) is 78.5 cm³/mol. The average Bonchev–Trinajstić information content (AvgIpc) is 2.91. The zero-order valence-electron chi connectivity index (χ0n) is 11.4. The summed E-state index contributed by atoms with van der Waals surface area (Å²) in [6.07, 6.45) is 5.37. The summed E-state index contributed by atoms with van der Waals surface area (Å²) in [6.45, 7) is 3.89. The van der Waals surface area contributed by atoms with Gasteiger partial charge in [-0.1, -0.05) is 12.1 Å². The number of anilines is 1. The Labute approximate surface area is 117 Å². The van der Waals surface area contributed by atoms with E-state index in [1.807, 2.05) is 48.9 Å². The molecule has 2 N–H and O–H groups in total. The van der Waals surface area contributed by atoms with E-state index in [2.05, 4.69) is 15.0 Å². The van der Waals surface area contributed by atoms with Gasteiger partial charge in [-0.05, 0) is 26.0 Å². The molecule has 0 amide bonds. The largest absolute Gasteiger partial charge is 0.399 e. The normalized spacial score (nSPS) is 10.7. The number of rotatable bonds is 2. The monoisotopic (exact) mass is 265 g/mol. The second-order valence-corrected chi connectivity index (χ2v) is 4.65. The molecule has 0 bridgehead atoms. The Morgan fingerprint density at radius 1 is 1.10 bits per heavy atom. The second-order valence-electron chi connectivity index (χ2n) is 4.65. The Kier molecular flexibility index (Phi) is 2.95. The molecule has 3 aromatic rings. The van der Waals surface area contributed by atoms with Gasteiger partial charge in [-0.3, -0.25) is 9.55 Å². The minimum Gasteiger partial charge on any atom is -0.399 e. The highest BCUT2D eigenvalue weighted by Gasteiger charge is 2.10. The van der Waals surface area contributed by atoms with E-state index in [0.29, 0.717) is 5.69 Å². The van der Waals surface area contributed by atoms with Crippen molar-refractivity contribution in [2.75, 3.05) is 5.73 Å². The summed E-state index contributed by atoms with van der Waals surface area (Å²) >= 11 is 0. The molecule has 100 valence electrons. The van der Waals surface area contributed by atoms with Crippen LogP contribution in [0.25, 0.3) is 17.2 Å². The van der Waals surface area contributed by atoms with Crippen LogP contribution in [0.3, 0.4) is 0 Å². The van der Waals surface area contributed by atoms with Crippen LogP contribution in [0.15, 0.2) is 42.9 Å². The molecule has 0 unspecified atom stereocenters. The maximum atomic E-state index is 5.83. The van der Waals surface area contributed by atoms with Gasteiger partial charge in [-0.15, -0.1) is 0 Å². The highest BCUT2D eigenvalue weighted by molar-refractivity contribution is 5.62. The number of aryl methyl sites for hydroxylation is 2. The molecule has 0 aliphatic carbocycles. The van der Waals surface area contributed by atoms with Crippen LogP contribution in [-0.4, -0.2) is 19.5 Å². The van der Waals surface area contributed by atoms with Crippen LogP contribution in [-0.2, 0) is 0 Å². The van der Waals surface area contributed by atoms with Crippen LogP contribution < -0.4 is 5.73 Å². The highest BCUT2D eigenvalue weighted by atomic mass is 15.1. The highest BCUT2D eigenvalue weighted by Crippen LogP contribution is 2.22. The minimum absolute atomic E-state index is 0.711. The van der Waals surface area contributed by atoms with Crippen molar-refractivity contribution in [2.45, 2.75) is 13.8 Å². The molecule has 3 rings (SSSR count). The average molecular weight is 265 g/mol. The zero-order valence-corrected chi connectivity index (χ0v) is 11.4. The van der Waals surface area contributed by atoms with Crippen LogP contribution in [0.2, 0.25) is 0 Å². The van der Waals surface area contributed by atoms with Gasteiger partial charge in [-0.25, -0.2) is 9.97 Å². The fraction of sp³-hybridized carbons (Fsp3) is 0.133. The summed E-state index contributed by atoms with van der Waals surface area (Å²) < 4.78 is 1.91. The smallest absolute Gasteiger partial charge is 0.157 e. The van der Waals surface area contributed by atoms with Gasteiger partial charge in [0, 0.05) is 23.6 Å². The SMILES string of the molecule is Cc1ncc(-n2ccnc2-c2cccc(N)c2)nc1C. The quantitative estimate of drug-likeness (QED) is 0.723. The molecule has 20 heavy (non-hydrogen) atoms. The Morgan fingerprint density at radius 3 is 2.70 bits per heavy atom. The minimum atomic E-state index is 0.711. The number of aromatic nitrogens is 4. The van der Waals surface area contributed by atoms with Crippen LogP contribution in [0, 0.1) is 13.8 Å². The third-order valence-corrected chi connectivity index (χ3v) is 3.21. The maximum absolute atomic E-state index is 5.83. The molecule has 0 aliphatic rings. The van der Waals surface area contributed by atoms with Gasteiger partial charge in [0.15, 0.2) is 5.82 Å². The topological polar surface area (TPSA) is 69.6 Å². The van der Waals surface area contributed by atoms with Crippen molar-refractivity contribution < 1.29 is 0 Å². The lowest BCUT2D eigenvalue weighted by molar-refractivity contribution is 0.936. The first-order valence-corrected chi connectivity index (χ1v) is 6.35. The number of imidazole rings is 1.